The summed E-state index contributed by atoms with van der Waals surface area (Å²) in [6, 6.07) is 0. The highest BCUT2D eigenvalue weighted by molar-refractivity contribution is 14.0. The van der Waals surface area contributed by atoms with Gasteiger partial charge in [0, 0.05) is 0 Å². The molecule has 0 N–H and O–H groups in total. The van der Waals surface area contributed by atoms with Gasteiger partial charge in [-0.1, -0.05) is 59.8 Å². The van der Waals surface area contributed by atoms with E-state index in [4.69, 9.17) is 0 Å². The second-order valence-electron chi connectivity index (χ2n) is 4.93. The molecule has 0 fully saturated rings. The molecule has 0 saturated carbocycles. The zero-order valence-electron chi connectivity index (χ0n) is 10.3. The molecule has 0 aromatic carbocycles. The zero-order chi connectivity index (χ0) is 10.3. The minimum atomic E-state index is 0. The van der Waals surface area contributed by atoms with E-state index >= 15 is 0 Å². The Hall–Kier alpha value is 1.16. The van der Waals surface area contributed by atoms with Crippen LogP contribution in [0.1, 0.15) is 66.2 Å². The Balaban J connectivity index is 0. The number of hydrogen-bond acceptors (Lipinski definition) is 0. The Kier molecular flexibility index (Phi) is 11.8. The van der Waals surface area contributed by atoms with Gasteiger partial charge in [-0.15, -0.1) is 33.2 Å². The van der Waals surface area contributed by atoms with Crippen LogP contribution in [-0.4, -0.2) is 5.16 Å². The third kappa shape index (κ3) is 9.71. The van der Waals surface area contributed by atoms with Gasteiger partial charge in [0.2, 0.25) is 0 Å². The summed E-state index contributed by atoms with van der Waals surface area (Å²) in [5.74, 6) is 0.833. The van der Waals surface area contributed by atoms with Crippen molar-refractivity contribution in [1.82, 2.24) is 0 Å². The first-order chi connectivity index (χ1) is 5.98. The molecule has 0 aliphatic carbocycles. The van der Waals surface area contributed by atoms with Crippen LogP contribution in [0.5, 0.6) is 0 Å². The van der Waals surface area contributed by atoms with E-state index in [9.17, 15) is 0 Å². The fraction of sp³-hybridized carbons (Fsp3) is 1.00. The van der Waals surface area contributed by atoms with Gasteiger partial charge in [0.15, 0.2) is 0 Å². The van der Waals surface area contributed by atoms with Gasteiger partial charge in [-0.25, -0.2) is 0 Å². The Morgan fingerprint density at radius 1 is 1.07 bits per heavy atom. The van der Waals surface area contributed by atoms with Crippen molar-refractivity contribution in [2.45, 2.75) is 71.4 Å². The van der Waals surface area contributed by atoms with E-state index in [1.807, 2.05) is 0 Å². The molecule has 2 heteroatoms. The molecule has 0 bridgehead atoms. The van der Waals surface area contributed by atoms with Crippen molar-refractivity contribution in [3.8, 4) is 0 Å². The lowest BCUT2D eigenvalue weighted by molar-refractivity contribution is 0.407. The largest absolute Gasteiger partial charge is 0.131 e. The normalized spacial score (nSPS) is 13.5. The molecule has 0 aliphatic rings. The van der Waals surface area contributed by atoms with Gasteiger partial charge in [-0.05, 0) is 17.5 Å². The molecule has 0 spiro atoms. The minimum Gasteiger partial charge on any atom is -0.131 e. The van der Waals surface area contributed by atoms with E-state index in [1.54, 1.807) is 0 Å². The summed E-state index contributed by atoms with van der Waals surface area (Å²) >= 11 is 0. The van der Waals surface area contributed by atoms with Crippen molar-refractivity contribution < 1.29 is 0 Å². The van der Waals surface area contributed by atoms with Gasteiger partial charge >= 0.3 is 0 Å². The lowest BCUT2D eigenvalue weighted by Crippen LogP contribution is -2.20. The summed E-state index contributed by atoms with van der Waals surface area (Å²) in [6.07, 6.45) is 8.43. The van der Waals surface area contributed by atoms with Crippen LogP contribution >= 0.6 is 33.2 Å². The van der Waals surface area contributed by atoms with Crippen molar-refractivity contribution in [1.29, 1.82) is 0 Å². The summed E-state index contributed by atoms with van der Waals surface area (Å²) in [4.78, 5) is 0. The maximum atomic E-state index is 2.96. The van der Waals surface area contributed by atoms with Crippen LogP contribution in [0.2, 0.25) is 0 Å². The van der Waals surface area contributed by atoms with Crippen molar-refractivity contribution in [2.75, 3.05) is 0 Å². The van der Waals surface area contributed by atoms with Gasteiger partial charge in [0.25, 0.3) is 0 Å². The highest BCUT2D eigenvalue weighted by Crippen LogP contribution is 2.30. The Morgan fingerprint density at radius 2 is 1.57 bits per heavy atom. The van der Waals surface area contributed by atoms with Crippen molar-refractivity contribution in [3.05, 3.63) is 0 Å². The number of rotatable bonds is 7. The zero-order valence-corrected chi connectivity index (χ0v) is 13.8. The second kappa shape index (κ2) is 9.39. The molecule has 0 amide bonds. The summed E-state index contributed by atoms with van der Waals surface area (Å²) in [5, 5.41) is 0.421. The third-order valence-corrected chi connectivity index (χ3v) is 3.58. The Labute approximate surface area is 110 Å². The van der Waals surface area contributed by atoms with E-state index in [1.165, 1.54) is 38.5 Å². The lowest BCUT2D eigenvalue weighted by atomic mass is 9.91. The first kappa shape index (κ1) is 17.6. The van der Waals surface area contributed by atoms with E-state index in [-0.39, 0.29) is 24.0 Å². The number of halogens is 1. The molecule has 2 atom stereocenters. The molecule has 0 nitrogen and oxygen atoms in total. The average molecular weight is 330 g/mol. The summed E-state index contributed by atoms with van der Waals surface area (Å²) in [5.41, 5.74) is 0. The fourth-order valence-corrected chi connectivity index (χ4v) is 1.59. The molecule has 2 unspecified atom stereocenters. The quantitative estimate of drug-likeness (QED) is 0.340. The standard InChI is InChI=1S/C12H27P.HI/c1-5-6-7-8-9-10-11(2)12(3,4)13;/h11H,5-10,13H2,1-4H3;1H. The van der Waals surface area contributed by atoms with Gasteiger partial charge in [0.1, 0.15) is 0 Å². The van der Waals surface area contributed by atoms with Crippen molar-refractivity contribution in [2.24, 2.45) is 5.92 Å². The van der Waals surface area contributed by atoms with Crippen molar-refractivity contribution >= 4 is 33.2 Å². The van der Waals surface area contributed by atoms with Gasteiger partial charge in [0.05, 0.1) is 0 Å². The number of hydrogen-bond donors (Lipinski definition) is 0. The van der Waals surface area contributed by atoms with Crippen LogP contribution in [0, 0.1) is 5.92 Å². The maximum Gasteiger partial charge on any atom is -0.0181 e. The highest BCUT2D eigenvalue weighted by Gasteiger charge is 2.18. The average Bonchev–Trinajstić information content (AvgIpc) is 2.02. The second-order valence-corrected chi connectivity index (χ2v) is 6.41. The van der Waals surface area contributed by atoms with Crippen LogP contribution in [0.25, 0.3) is 0 Å². The summed E-state index contributed by atoms with van der Waals surface area (Å²) < 4.78 is 0. The smallest absolute Gasteiger partial charge is 0.0181 e. The molecule has 0 aliphatic heterocycles. The minimum absolute atomic E-state index is 0. The predicted molar refractivity (Wildman–Crippen MR) is 81.7 cm³/mol. The molecule has 14 heavy (non-hydrogen) atoms. The van der Waals surface area contributed by atoms with Gasteiger partial charge in [-0.2, -0.15) is 0 Å². The molecule has 0 heterocycles. The van der Waals surface area contributed by atoms with Crippen LogP contribution in [0.15, 0.2) is 0 Å². The van der Waals surface area contributed by atoms with E-state index in [0.29, 0.717) is 5.16 Å². The first-order valence-electron chi connectivity index (χ1n) is 5.77. The third-order valence-electron chi connectivity index (χ3n) is 3.01. The molecular formula is C12H28IP. The van der Waals surface area contributed by atoms with E-state index in [0.717, 1.165) is 5.92 Å². The highest BCUT2D eigenvalue weighted by atomic mass is 127. The lowest BCUT2D eigenvalue weighted by Gasteiger charge is -2.26. The van der Waals surface area contributed by atoms with Gasteiger partial charge < -0.3 is 0 Å². The van der Waals surface area contributed by atoms with Crippen molar-refractivity contribution in [3.63, 3.8) is 0 Å². The van der Waals surface area contributed by atoms with Crippen LogP contribution in [-0.2, 0) is 0 Å². The monoisotopic (exact) mass is 330 g/mol. The SMILES string of the molecule is CCCCCCCC(C)C(C)(C)P.I. The van der Waals surface area contributed by atoms with Crippen LogP contribution < -0.4 is 0 Å². The maximum absolute atomic E-state index is 2.96. The molecule has 0 saturated heterocycles. The summed E-state index contributed by atoms with van der Waals surface area (Å²) in [7, 11) is 2.96. The topological polar surface area (TPSA) is 0 Å². The van der Waals surface area contributed by atoms with Crippen LogP contribution in [0.3, 0.4) is 0 Å². The predicted octanol–water partition coefficient (Wildman–Crippen LogP) is 5.25. The molecule has 0 aromatic rings. The molecular weight excluding hydrogens is 302 g/mol. The molecule has 0 aromatic heterocycles. The van der Waals surface area contributed by atoms with E-state index < -0.39 is 0 Å². The van der Waals surface area contributed by atoms with Gasteiger partial charge in [-0.3, -0.25) is 0 Å². The van der Waals surface area contributed by atoms with E-state index in [2.05, 4.69) is 36.9 Å². The molecule has 0 rings (SSSR count). The molecule has 88 valence electrons. The molecule has 0 radical (unpaired) electrons. The van der Waals surface area contributed by atoms with Crippen LogP contribution in [0.4, 0.5) is 0 Å². The number of unbranched alkanes of at least 4 members (excludes halogenated alkanes) is 4. The Bertz CT molecular complexity index is 118. The summed E-state index contributed by atoms with van der Waals surface area (Å²) in [6.45, 7) is 9.27. The fourth-order valence-electron chi connectivity index (χ4n) is 1.43. The Morgan fingerprint density at radius 3 is 2.00 bits per heavy atom. The first-order valence-corrected chi connectivity index (χ1v) is 6.35.